The molecule has 1 heterocycles. The van der Waals surface area contributed by atoms with Gasteiger partial charge in [0.25, 0.3) is 11.8 Å². The highest BCUT2D eigenvalue weighted by Gasteiger charge is 2.17. The van der Waals surface area contributed by atoms with Crippen molar-refractivity contribution in [3.8, 4) is 0 Å². The number of rotatable bonds is 5. The van der Waals surface area contributed by atoms with Gasteiger partial charge in [-0.2, -0.15) is 0 Å². The monoisotopic (exact) mass is 374 g/mol. The summed E-state index contributed by atoms with van der Waals surface area (Å²) in [7, 11) is 0. The molecule has 2 N–H and O–H groups in total. The fourth-order valence-corrected chi connectivity index (χ4v) is 3.02. The van der Waals surface area contributed by atoms with E-state index in [0.717, 1.165) is 22.4 Å². The molecule has 0 radical (unpaired) electrons. The molecule has 0 atom stereocenters. The van der Waals surface area contributed by atoms with Crippen LogP contribution in [-0.4, -0.2) is 11.8 Å². The van der Waals surface area contributed by atoms with E-state index in [2.05, 4.69) is 10.6 Å². The first-order valence-electron chi connectivity index (χ1n) is 8.95. The zero-order valence-corrected chi connectivity index (χ0v) is 16.1. The molecule has 3 rings (SSSR count). The van der Waals surface area contributed by atoms with Gasteiger partial charge in [0, 0.05) is 17.3 Å². The summed E-state index contributed by atoms with van der Waals surface area (Å²) < 4.78 is 5.31. The second-order valence-corrected chi connectivity index (χ2v) is 6.62. The van der Waals surface area contributed by atoms with Crippen LogP contribution < -0.4 is 10.6 Å². The molecule has 0 fully saturated rings. The molecule has 5 nitrogen and oxygen atoms in total. The molecule has 2 amide bonds. The molecule has 2 aromatic carbocycles. The predicted molar refractivity (Wildman–Crippen MR) is 110 cm³/mol. The lowest BCUT2D eigenvalue weighted by Crippen LogP contribution is -2.31. The summed E-state index contributed by atoms with van der Waals surface area (Å²) in [5, 5.41) is 5.60. The van der Waals surface area contributed by atoms with Crippen LogP contribution in [0, 0.1) is 20.8 Å². The number of carbonyl (C=O) groups is 2. The molecule has 142 valence electrons. The number of amides is 2. The van der Waals surface area contributed by atoms with Crippen molar-refractivity contribution in [1.82, 2.24) is 5.32 Å². The lowest BCUT2D eigenvalue weighted by molar-refractivity contribution is -0.113. The van der Waals surface area contributed by atoms with E-state index in [4.69, 9.17) is 4.42 Å². The van der Waals surface area contributed by atoms with Crippen LogP contribution in [0.15, 0.2) is 71.0 Å². The van der Waals surface area contributed by atoms with E-state index in [0.29, 0.717) is 11.3 Å². The number of nitrogens with one attached hydrogen (secondary N) is 2. The van der Waals surface area contributed by atoms with Gasteiger partial charge >= 0.3 is 0 Å². The van der Waals surface area contributed by atoms with Crippen LogP contribution in [0.4, 0.5) is 5.69 Å². The average molecular weight is 374 g/mol. The van der Waals surface area contributed by atoms with Gasteiger partial charge in [0.1, 0.15) is 11.5 Å². The van der Waals surface area contributed by atoms with Crippen molar-refractivity contribution < 1.29 is 14.0 Å². The van der Waals surface area contributed by atoms with Crippen molar-refractivity contribution in [3.63, 3.8) is 0 Å². The Morgan fingerprint density at radius 3 is 2.21 bits per heavy atom. The number of furan rings is 1. The molecular formula is C23H22N2O3. The number of aryl methyl sites for hydroxylation is 3. The van der Waals surface area contributed by atoms with Crippen LogP contribution in [0.5, 0.6) is 0 Å². The molecule has 28 heavy (non-hydrogen) atoms. The molecule has 3 aromatic rings. The van der Waals surface area contributed by atoms with Crippen molar-refractivity contribution in [2.45, 2.75) is 20.8 Å². The number of benzene rings is 2. The Morgan fingerprint density at radius 1 is 0.929 bits per heavy atom. The van der Waals surface area contributed by atoms with E-state index in [9.17, 15) is 9.59 Å². The van der Waals surface area contributed by atoms with E-state index >= 15 is 0 Å². The minimum absolute atomic E-state index is 0.100. The Morgan fingerprint density at radius 2 is 1.61 bits per heavy atom. The third-order valence-electron chi connectivity index (χ3n) is 4.27. The van der Waals surface area contributed by atoms with Crippen molar-refractivity contribution in [2.24, 2.45) is 0 Å². The van der Waals surface area contributed by atoms with Crippen LogP contribution in [0.3, 0.4) is 0 Å². The van der Waals surface area contributed by atoms with Crippen LogP contribution in [0.25, 0.3) is 6.08 Å². The second kappa shape index (κ2) is 8.39. The molecule has 0 aliphatic rings. The fourth-order valence-electron chi connectivity index (χ4n) is 3.02. The van der Waals surface area contributed by atoms with E-state index in [1.54, 1.807) is 36.4 Å². The van der Waals surface area contributed by atoms with E-state index in [1.807, 2.05) is 39.0 Å². The van der Waals surface area contributed by atoms with E-state index in [1.165, 1.54) is 12.3 Å². The van der Waals surface area contributed by atoms with E-state index < -0.39 is 5.91 Å². The summed E-state index contributed by atoms with van der Waals surface area (Å²) in [5.41, 5.74) is 4.33. The van der Waals surface area contributed by atoms with Crippen LogP contribution in [0.2, 0.25) is 0 Å². The van der Waals surface area contributed by atoms with Gasteiger partial charge in [-0.05, 0) is 56.2 Å². The first kappa shape index (κ1) is 19.2. The summed E-state index contributed by atoms with van der Waals surface area (Å²) in [4.78, 5) is 25.5. The maximum atomic E-state index is 13.0. The number of hydrogen-bond donors (Lipinski definition) is 2. The Balaban J connectivity index is 1.89. The van der Waals surface area contributed by atoms with Gasteiger partial charge in [-0.15, -0.1) is 0 Å². The Hall–Kier alpha value is -3.60. The zero-order chi connectivity index (χ0) is 20.1. The maximum Gasteiger partial charge on any atom is 0.272 e. The lowest BCUT2D eigenvalue weighted by atomic mass is 10.0. The fraction of sp³-hybridized carbons (Fsp3) is 0.130. The molecular weight excluding hydrogens is 352 g/mol. The highest BCUT2D eigenvalue weighted by Crippen LogP contribution is 2.22. The SMILES string of the molecule is Cc1cc(C)c(NC(=O)/C(=C/c2ccco2)NC(=O)c2ccccc2)c(C)c1. The summed E-state index contributed by atoms with van der Waals surface area (Å²) in [6.07, 6.45) is 3.02. The molecule has 5 heteroatoms. The van der Waals surface area contributed by atoms with E-state index in [-0.39, 0.29) is 11.6 Å². The third-order valence-corrected chi connectivity index (χ3v) is 4.27. The number of anilines is 1. The average Bonchev–Trinajstić information content (AvgIpc) is 3.17. The standard InChI is InChI=1S/C23H22N2O3/c1-15-12-16(2)21(17(3)13-15)25-23(27)20(14-19-10-7-11-28-19)24-22(26)18-8-5-4-6-9-18/h4-14H,1-3H3,(H,24,26)(H,25,27)/b20-14-. The van der Waals surface area contributed by atoms with Gasteiger partial charge in [0.05, 0.1) is 6.26 Å². The van der Waals surface area contributed by atoms with Gasteiger partial charge in [-0.25, -0.2) is 0 Å². The molecule has 0 saturated carbocycles. The minimum Gasteiger partial charge on any atom is -0.465 e. The van der Waals surface area contributed by atoms with Gasteiger partial charge in [-0.3, -0.25) is 9.59 Å². The Kier molecular flexibility index (Phi) is 5.75. The third kappa shape index (κ3) is 4.57. The van der Waals surface area contributed by atoms with Gasteiger partial charge in [-0.1, -0.05) is 35.9 Å². The van der Waals surface area contributed by atoms with Crippen LogP contribution in [0.1, 0.15) is 32.8 Å². The highest BCUT2D eigenvalue weighted by atomic mass is 16.3. The normalized spacial score (nSPS) is 11.2. The quantitative estimate of drug-likeness (QED) is 0.641. The summed E-state index contributed by atoms with van der Waals surface area (Å²) in [5.74, 6) is -0.322. The lowest BCUT2D eigenvalue weighted by Gasteiger charge is -2.15. The first-order chi connectivity index (χ1) is 13.4. The Bertz CT molecular complexity index is 996. The van der Waals surface area contributed by atoms with Gasteiger partial charge in [0.2, 0.25) is 0 Å². The molecule has 0 aliphatic heterocycles. The molecule has 0 aliphatic carbocycles. The topological polar surface area (TPSA) is 71.3 Å². The summed E-state index contributed by atoms with van der Waals surface area (Å²) in [6.45, 7) is 5.89. The maximum absolute atomic E-state index is 13.0. The predicted octanol–water partition coefficient (Wildman–Crippen LogP) is 4.61. The van der Waals surface area contributed by atoms with Crippen molar-refractivity contribution >= 4 is 23.6 Å². The van der Waals surface area contributed by atoms with Crippen molar-refractivity contribution in [3.05, 3.63) is 94.6 Å². The van der Waals surface area contributed by atoms with Gasteiger partial charge < -0.3 is 15.1 Å². The first-order valence-corrected chi connectivity index (χ1v) is 8.95. The van der Waals surface area contributed by atoms with Crippen LogP contribution >= 0.6 is 0 Å². The van der Waals surface area contributed by atoms with Crippen molar-refractivity contribution in [1.29, 1.82) is 0 Å². The molecule has 0 spiro atoms. The summed E-state index contributed by atoms with van der Waals surface area (Å²) >= 11 is 0. The minimum atomic E-state index is -0.421. The number of carbonyl (C=O) groups excluding carboxylic acids is 2. The summed E-state index contributed by atoms with van der Waals surface area (Å²) in [6, 6.07) is 16.2. The van der Waals surface area contributed by atoms with Gasteiger partial charge in [0.15, 0.2) is 0 Å². The molecule has 0 unspecified atom stereocenters. The molecule has 1 aromatic heterocycles. The highest BCUT2D eigenvalue weighted by molar-refractivity contribution is 6.11. The largest absolute Gasteiger partial charge is 0.465 e. The molecule has 0 saturated heterocycles. The Labute approximate surface area is 164 Å². The van der Waals surface area contributed by atoms with Crippen LogP contribution in [-0.2, 0) is 4.79 Å². The molecule has 0 bridgehead atoms. The number of hydrogen-bond acceptors (Lipinski definition) is 3. The van der Waals surface area contributed by atoms with Crippen molar-refractivity contribution in [2.75, 3.05) is 5.32 Å². The zero-order valence-electron chi connectivity index (χ0n) is 16.1. The second-order valence-electron chi connectivity index (χ2n) is 6.62. The smallest absolute Gasteiger partial charge is 0.272 e.